The van der Waals surface area contributed by atoms with E-state index in [1.165, 1.54) is 6.07 Å². The van der Waals surface area contributed by atoms with Gasteiger partial charge in [-0.15, -0.1) is 0 Å². The van der Waals surface area contributed by atoms with Crippen LogP contribution in [0.5, 0.6) is 5.75 Å². The summed E-state index contributed by atoms with van der Waals surface area (Å²) in [6, 6.07) is 4.62. The third-order valence-corrected chi connectivity index (χ3v) is 4.17. The highest BCUT2D eigenvalue weighted by atomic mass is 79.9. The standard InChI is InChI=1S/C13H13Br2FN2O/c1-3-10-13(15)11(18(2)17-10)7-19-12-6-8(14)4-5-9(12)16/h4-6H,3,7H2,1-2H3. The lowest BCUT2D eigenvalue weighted by atomic mass is 10.3. The Morgan fingerprint density at radius 1 is 1.37 bits per heavy atom. The smallest absolute Gasteiger partial charge is 0.165 e. The maximum atomic E-state index is 13.6. The van der Waals surface area contributed by atoms with E-state index in [1.54, 1.807) is 16.8 Å². The van der Waals surface area contributed by atoms with Gasteiger partial charge in [0, 0.05) is 11.5 Å². The highest BCUT2D eigenvalue weighted by molar-refractivity contribution is 9.10. The molecule has 1 heterocycles. The highest BCUT2D eigenvalue weighted by Crippen LogP contribution is 2.26. The molecule has 1 aromatic heterocycles. The molecule has 0 unspecified atom stereocenters. The molecule has 0 aliphatic heterocycles. The number of hydrogen-bond acceptors (Lipinski definition) is 2. The molecule has 0 aliphatic carbocycles. The van der Waals surface area contributed by atoms with Gasteiger partial charge in [0.15, 0.2) is 11.6 Å². The van der Waals surface area contributed by atoms with Crippen LogP contribution in [0.3, 0.4) is 0 Å². The Bertz CT molecular complexity index is 599. The molecule has 1 aromatic carbocycles. The van der Waals surface area contributed by atoms with E-state index in [0.29, 0.717) is 0 Å². The van der Waals surface area contributed by atoms with Crippen molar-refractivity contribution in [1.82, 2.24) is 9.78 Å². The van der Waals surface area contributed by atoms with Crippen LogP contribution in [-0.2, 0) is 20.1 Å². The van der Waals surface area contributed by atoms with E-state index >= 15 is 0 Å². The first-order chi connectivity index (χ1) is 9.02. The molecule has 19 heavy (non-hydrogen) atoms. The molecular weight excluding hydrogens is 379 g/mol. The van der Waals surface area contributed by atoms with Gasteiger partial charge in [-0.1, -0.05) is 22.9 Å². The lowest BCUT2D eigenvalue weighted by Crippen LogP contribution is -2.04. The van der Waals surface area contributed by atoms with Gasteiger partial charge in [0.2, 0.25) is 0 Å². The molecule has 0 aliphatic rings. The van der Waals surface area contributed by atoms with Crippen molar-refractivity contribution in [2.75, 3.05) is 0 Å². The zero-order valence-electron chi connectivity index (χ0n) is 10.6. The fourth-order valence-corrected chi connectivity index (χ4v) is 2.78. The molecule has 3 nitrogen and oxygen atoms in total. The first-order valence-corrected chi connectivity index (χ1v) is 7.39. The molecule has 2 rings (SSSR count). The van der Waals surface area contributed by atoms with E-state index < -0.39 is 0 Å². The molecule has 0 spiro atoms. The van der Waals surface area contributed by atoms with Crippen LogP contribution in [0, 0.1) is 5.82 Å². The summed E-state index contributed by atoms with van der Waals surface area (Å²) in [5, 5.41) is 4.37. The van der Waals surface area contributed by atoms with Crippen molar-refractivity contribution in [3.63, 3.8) is 0 Å². The van der Waals surface area contributed by atoms with Gasteiger partial charge in [0.05, 0.1) is 15.9 Å². The zero-order valence-corrected chi connectivity index (χ0v) is 13.8. The van der Waals surface area contributed by atoms with Crippen LogP contribution in [-0.4, -0.2) is 9.78 Å². The molecule has 2 aromatic rings. The molecule has 0 saturated carbocycles. The van der Waals surface area contributed by atoms with Gasteiger partial charge >= 0.3 is 0 Å². The number of halogens is 3. The monoisotopic (exact) mass is 390 g/mol. The van der Waals surface area contributed by atoms with E-state index in [2.05, 4.69) is 37.0 Å². The van der Waals surface area contributed by atoms with Gasteiger partial charge in [0.1, 0.15) is 6.61 Å². The van der Waals surface area contributed by atoms with E-state index in [0.717, 1.165) is 26.8 Å². The molecule has 0 saturated heterocycles. The van der Waals surface area contributed by atoms with Crippen LogP contribution in [0.15, 0.2) is 27.1 Å². The predicted octanol–water partition coefficient (Wildman–Crippen LogP) is 4.23. The topological polar surface area (TPSA) is 27.1 Å². The SMILES string of the molecule is CCc1nn(C)c(COc2cc(Br)ccc2F)c1Br. The van der Waals surface area contributed by atoms with Crippen LogP contribution in [0.4, 0.5) is 4.39 Å². The molecule has 0 N–H and O–H groups in total. The average Bonchev–Trinajstić information content (AvgIpc) is 2.66. The van der Waals surface area contributed by atoms with Gasteiger partial charge in [-0.25, -0.2) is 4.39 Å². The minimum Gasteiger partial charge on any atom is -0.484 e. The number of aryl methyl sites for hydroxylation is 2. The fraction of sp³-hybridized carbons (Fsp3) is 0.308. The normalized spacial score (nSPS) is 10.8. The number of nitrogens with zero attached hydrogens (tertiary/aromatic N) is 2. The van der Waals surface area contributed by atoms with Crippen molar-refractivity contribution in [3.05, 3.63) is 44.3 Å². The summed E-state index contributed by atoms with van der Waals surface area (Å²) in [6.45, 7) is 2.29. The number of rotatable bonds is 4. The van der Waals surface area contributed by atoms with E-state index in [1.807, 2.05) is 14.0 Å². The number of aromatic nitrogens is 2. The highest BCUT2D eigenvalue weighted by Gasteiger charge is 2.14. The Balaban J connectivity index is 2.19. The van der Waals surface area contributed by atoms with Gasteiger partial charge in [-0.05, 0) is 40.5 Å². The van der Waals surface area contributed by atoms with Crippen molar-refractivity contribution in [2.45, 2.75) is 20.0 Å². The second-order valence-electron chi connectivity index (χ2n) is 4.05. The molecule has 0 radical (unpaired) electrons. The maximum Gasteiger partial charge on any atom is 0.165 e. The van der Waals surface area contributed by atoms with Crippen molar-refractivity contribution in [3.8, 4) is 5.75 Å². The van der Waals surface area contributed by atoms with Crippen LogP contribution >= 0.6 is 31.9 Å². The minimum atomic E-state index is -0.378. The molecule has 0 atom stereocenters. The van der Waals surface area contributed by atoms with Gasteiger partial charge in [0.25, 0.3) is 0 Å². The molecule has 0 amide bonds. The average molecular weight is 392 g/mol. The Morgan fingerprint density at radius 3 is 2.74 bits per heavy atom. The minimum absolute atomic E-state index is 0.223. The van der Waals surface area contributed by atoms with Crippen LogP contribution < -0.4 is 4.74 Å². The summed E-state index contributed by atoms with van der Waals surface area (Å²) in [5.41, 5.74) is 1.85. The number of ether oxygens (including phenoxy) is 1. The third kappa shape index (κ3) is 3.17. The Morgan fingerprint density at radius 2 is 2.11 bits per heavy atom. The summed E-state index contributed by atoms with van der Waals surface area (Å²) in [6.07, 6.45) is 0.833. The molecule has 6 heteroatoms. The zero-order chi connectivity index (χ0) is 14.0. The first kappa shape index (κ1) is 14.5. The summed E-state index contributed by atoms with van der Waals surface area (Å²) in [4.78, 5) is 0. The predicted molar refractivity (Wildman–Crippen MR) is 78.7 cm³/mol. The second kappa shape index (κ2) is 6.05. The maximum absolute atomic E-state index is 13.6. The molecule has 0 fully saturated rings. The summed E-state index contributed by atoms with van der Waals surface area (Å²) in [7, 11) is 1.85. The van der Waals surface area contributed by atoms with Crippen LogP contribution in [0.2, 0.25) is 0 Å². The molecule has 102 valence electrons. The van der Waals surface area contributed by atoms with E-state index in [9.17, 15) is 4.39 Å². The Hall–Kier alpha value is -0.880. The lowest BCUT2D eigenvalue weighted by Gasteiger charge is -2.08. The fourth-order valence-electron chi connectivity index (χ4n) is 1.71. The number of benzene rings is 1. The van der Waals surface area contributed by atoms with Crippen LogP contribution in [0.25, 0.3) is 0 Å². The van der Waals surface area contributed by atoms with E-state index in [-0.39, 0.29) is 18.2 Å². The van der Waals surface area contributed by atoms with Crippen molar-refractivity contribution in [2.24, 2.45) is 7.05 Å². The number of hydrogen-bond donors (Lipinski definition) is 0. The van der Waals surface area contributed by atoms with Crippen molar-refractivity contribution in [1.29, 1.82) is 0 Å². The lowest BCUT2D eigenvalue weighted by molar-refractivity contribution is 0.279. The van der Waals surface area contributed by atoms with Crippen molar-refractivity contribution >= 4 is 31.9 Å². The summed E-state index contributed by atoms with van der Waals surface area (Å²) in [5.74, 6) is -0.155. The van der Waals surface area contributed by atoms with Crippen LogP contribution in [0.1, 0.15) is 18.3 Å². The van der Waals surface area contributed by atoms with Crippen molar-refractivity contribution < 1.29 is 9.13 Å². The molecular formula is C13H13Br2FN2O. The quantitative estimate of drug-likeness (QED) is 0.779. The largest absolute Gasteiger partial charge is 0.484 e. The Kier molecular flexibility index (Phi) is 4.62. The van der Waals surface area contributed by atoms with Gasteiger partial charge in [-0.2, -0.15) is 5.10 Å². The third-order valence-electron chi connectivity index (χ3n) is 2.76. The Labute approximate surface area is 128 Å². The first-order valence-electron chi connectivity index (χ1n) is 5.81. The van der Waals surface area contributed by atoms with Gasteiger partial charge in [-0.3, -0.25) is 4.68 Å². The second-order valence-corrected chi connectivity index (χ2v) is 5.76. The van der Waals surface area contributed by atoms with E-state index in [4.69, 9.17) is 4.74 Å². The van der Waals surface area contributed by atoms with Gasteiger partial charge < -0.3 is 4.74 Å². The summed E-state index contributed by atoms with van der Waals surface area (Å²) < 4.78 is 22.5. The molecule has 0 bridgehead atoms. The summed E-state index contributed by atoms with van der Waals surface area (Å²) >= 11 is 6.80.